The third kappa shape index (κ3) is 3.92. The van der Waals surface area contributed by atoms with E-state index >= 15 is 0 Å². The topological polar surface area (TPSA) is 64.4 Å². The van der Waals surface area contributed by atoms with Crippen LogP contribution in [0, 0.1) is 15.9 Å². The maximum atomic E-state index is 12.8. The summed E-state index contributed by atoms with van der Waals surface area (Å²) in [7, 11) is 0. The summed E-state index contributed by atoms with van der Waals surface area (Å²) in [6.45, 7) is 2.61. The highest BCUT2D eigenvalue weighted by Crippen LogP contribution is 2.30. The average Bonchev–Trinajstić information content (AvgIpc) is 2.47. The summed E-state index contributed by atoms with van der Waals surface area (Å²) in [6, 6.07) is 10.7. The Morgan fingerprint density at radius 3 is 2.57 bits per heavy atom. The molecule has 0 aliphatic heterocycles. The molecule has 0 bridgehead atoms. The van der Waals surface area contributed by atoms with Crippen LogP contribution in [0.15, 0.2) is 42.5 Å². The fraction of sp³-hybridized carbons (Fsp3) is 0.200. The molecule has 0 unspecified atom stereocenters. The summed E-state index contributed by atoms with van der Waals surface area (Å²) >= 11 is 0. The molecule has 110 valence electrons. The van der Waals surface area contributed by atoms with E-state index in [1.165, 1.54) is 18.2 Å². The molecule has 0 aliphatic rings. The van der Waals surface area contributed by atoms with E-state index in [0.29, 0.717) is 18.8 Å². The number of anilines is 1. The summed E-state index contributed by atoms with van der Waals surface area (Å²) in [6.07, 6.45) is 0. The summed E-state index contributed by atoms with van der Waals surface area (Å²) in [5, 5.41) is 14.0. The number of nitrogens with one attached hydrogen (secondary N) is 1. The van der Waals surface area contributed by atoms with E-state index in [9.17, 15) is 14.5 Å². The molecule has 0 saturated heterocycles. The zero-order chi connectivity index (χ0) is 15.2. The van der Waals surface area contributed by atoms with Crippen LogP contribution in [0.2, 0.25) is 0 Å². The van der Waals surface area contributed by atoms with Gasteiger partial charge in [-0.1, -0.05) is 12.1 Å². The normalized spacial score (nSPS) is 10.2. The van der Waals surface area contributed by atoms with Gasteiger partial charge in [-0.05, 0) is 30.7 Å². The van der Waals surface area contributed by atoms with Gasteiger partial charge in [0.1, 0.15) is 5.82 Å². The van der Waals surface area contributed by atoms with Crippen LogP contribution < -0.4 is 10.1 Å². The molecule has 0 atom stereocenters. The summed E-state index contributed by atoms with van der Waals surface area (Å²) in [4.78, 5) is 10.4. The molecule has 5 nitrogen and oxygen atoms in total. The van der Waals surface area contributed by atoms with Crippen molar-refractivity contribution in [3.8, 4) is 5.75 Å². The van der Waals surface area contributed by atoms with Crippen molar-refractivity contribution in [1.29, 1.82) is 0 Å². The molecule has 0 spiro atoms. The first-order chi connectivity index (χ1) is 10.1. The highest BCUT2D eigenvalue weighted by atomic mass is 19.1. The molecule has 1 N–H and O–H groups in total. The van der Waals surface area contributed by atoms with Crippen LogP contribution in [0.1, 0.15) is 12.5 Å². The minimum absolute atomic E-state index is 0.0656. The molecule has 0 fully saturated rings. The molecule has 2 aromatic carbocycles. The fourth-order valence-corrected chi connectivity index (χ4v) is 1.85. The van der Waals surface area contributed by atoms with E-state index in [-0.39, 0.29) is 17.3 Å². The largest absolute Gasteiger partial charge is 0.487 e. The van der Waals surface area contributed by atoms with Gasteiger partial charge >= 0.3 is 5.69 Å². The van der Waals surface area contributed by atoms with Crippen molar-refractivity contribution in [2.45, 2.75) is 13.5 Å². The zero-order valence-corrected chi connectivity index (χ0v) is 11.5. The highest BCUT2D eigenvalue weighted by Gasteiger charge is 2.15. The molecule has 0 aliphatic carbocycles. The van der Waals surface area contributed by atoms with Crippen molar-refractivity contribution in [3.05, 3.63) is 64.0 Å². The Balaban J connectivity index is 2.11. The first-order valence-corrected chi connectivity index (χ1v) is 6.49. The van der Waals surface area contributed by atoms with E-state index in [2.05, 4.69) is 5.32 Å². The number of nitro benzene ring substituents is 1. The van der Waals surface area contributed by atoms with Gasteiger partial charge in [-0.15, -0.1) is 0 Å². The van der Waals surface area contributed by atoms with Gasteiger partial charge in [-0.25, -0.2) is 4.39 Å². The van der Waals surface area contributed by atoms with E-state index in [1.807, 2.05) is 0 Å². The lowest BCUT2D eigenvalue weighted by atomic mass is 10.2. The molecule has 6 heteroatoms. The monoisotopic (exact) mass is 290 g/mol. The van der Waals surface area contributed by atoms with Gasteiger partial charge in [0.2, 0.25) is 0 Å². The molecule has 2 rings (SSSR count). The van der Waals surface area contributed by atoms with Crippen molar-refractivity contribution in [3.63, 3.8) is 0 Å². The summed E-state index contributed by atoms with van der Waals surface area (Å²) < 4.78 is 18.1. The molecular formula is C15H15FN2O3. The van der Waals surface area contributed by atoms with Crippen molar-refractivity contribution < 1.29 is 14.1 Å². The Bertz CT molecular complexity index is 629. The van der Waals surface area contributed by atoms with Crippen molar-refractivity contribution in [2.75, 3.05) is 11.9 Å². The Hall–Kier alpha value is -2.63. The molecule has 0 amide bonds. The van der Waals surface area contributed by atoms with Gasteiger partial charge in [0.15, 0.2) is 5.75 Å². The Kier molecular flexibility index (Phi) is 4.71. The third-order valence-electron chi connectivity index (χ3n) is 2.87. The van der Waals surface area contributed by atoms with Gasteiger partial charge in [-0.2, -0.15) is 0 Å². The Morgan fingerprint density at radius 1 is 1.24 bits per heavy atom. The van der Waals surface area contributed by atoms with Gasteiger partial charge in [0.25, 0.3) is 0 Å². The van der Waals surface area contributed by atoms with Crippen LogP contribution in [0.5, 0.6) is 5.75 Å². The standard InChI is InChI=1S/C15H15FN2O3/c1-2-21-15-9-13(7-8-14(15)18(19)20)17-10-11-3-5-12(16)6-4-11/h3-9,17H,2,10H2,1H3. The van der Waals surface area contributed by atoms with Gasteiger partial charge in [-0.3, -0.25) is 10.1 Å². The molecule has 21 heavy (non-hydrogen) atoms. The highest BCUT2D eigenvalue weighted by molar-refractivity contribution is 5.58. The lowest BCUT2D eigenvalue weighted by molar-refractivity contribution is -0.385. The van der Waals surface area contributed by atoms with Crippen LogP contribution in [0.4, 0.5) is 15.8 Å². The second-order valence-corrected chi connectivity index (χ2v) is 4.35. The minimum Gasteiger partial charge on any atom is -0.487 e. The first-order valence-electron chi connectivity index (χ1n) is 6.49. The predicted molar refractivity (Wildman–Crippen MR) is 78.0 cm³/mol. The smallest absolute Gasteiger partial charge is 0.311 e. The maximum absolute atomic E-state index is 12.8. The molecule has 2 aromatic rings. The van der Waals surface area contributed by atoms with Gasteiger partial charge < -0.3 is 10.1 Å². The van der Waals surface area contributed by atoms with E-state index in [1.54, 1.807) is 31.2 Å². The third-order valence-corrected chi connectivity index (χ3v) is 2.87. The van der Waals surface area contributed by atoms with E-state index in [4.69, 9.17) is 4.74 Å². The van der Waals surface area contributed by atoms with Crippen LogP contribution >= 0.6 is 0 Å². The lowest BCUT2D eigenvalue weighted by Crippen LogP contribution is -2.02. The number of benzene rings is 2. The van der Waals surface area contributed by atoms with Crippen LogP contribution in [-0.4, -0.2) is 11.5 Å². The molecular weight excluding hydrogens is 275 g/mol. The minimum atomic E-state index is -0.477. The van der Waals surface area contributed by atoms with Crippen molar-refractivity contribution >= 4 is 11.4 Å². The molecule has 0 saturated carbocycles. The Labute approximate surface area is 121 Å². The Morgan fingerprint density at radius 2 is 1.95 bits per heavy atom. The number of halogens is 1. The summed E-state index contributed by atoms with van der Waals surface area (Å²) in [5.74, 6) is -0.0562. The number of rotatable bonds is 6. The number of hydrogen-bond acceptors (Lipinski definition) is 4. The maximum Gasteiger partial charge on any atom is 0.311 e. The lowest BCUT2D eigenvalue weighted by Gasteiger charge is -2.09. The second kappa shape index (κ2) is 6.69. The van der Waals surface area contributed by atoms with Crippen LogP contribution in [-0.2, 0) is 6.54 Å². The summed E-state index contributed by atoms with van der Waals surface area (Å²) in [5.41, 5.74) is 1.55. The molecule has 0 aromatic heterocycles. The van der Waals surface area contributed by atoms with E-state index in [0.717, 1.165) is 5.56 Å². The number of nitro groups is 1. The second-order valence-electron chi connectivity index (χ2n) is 4.35. The van der Waals surface area contributed by atoms with Crippen LogP contribution in [0.25, 0.3) is 0 Å². The quantitative estimate of drug-likeness (QED) is 0.650. The predicted octanol–water partition coefficient (Wildman–Crippen LogP) is 3.74. The van der Waals surface area contributed by atoms with Crippen molar-refractivity contribution in [1.82, 2.24) is 0 Å². The zero-order valence-electron chi connectivity index (χ0n) is 11.5. The number of ether oxygens (including phenoxy) is 1. The van der Waals surface area contributed by atoms with Crippen LogP contribution in [0.3, 0.4) is 0 Å². The fourth-order valence-electron chi connectivity index (χ4n) is 1.85. The molecule has 0 heterocycles. The number of nitrogens with zero attached hydrogens (tertiary/aromatic N) is 1. The SMILES string of the molecule is CCOc1cc(NCc2ccc(F)cc2)ccc1[N+](=O)[O-]. The van der Waals surface area contributed by atoms with Gasteiger partial charge in [0, 0.05) is 24.4 Å². The number of hydrogen-bond donors (Lipinski definition) is 1. The van der Waals surface area contributed by atoms with Crippen molar-refractivity contribution in [2.24, 2.45) is 0 Å². The first kappa shape index (κ1) is 14.8. The van der Waals surface area contributed by atoms with Gasteiger partial charge in [0.05, 0.1) is 11.5 Å². The average molecular weight is 290 g/mol. The van der Waals surface area contributed by atoms with E-state index < -0.39 is 4.92 Å². The molecule has 0 radical (unpaired) electrons.